The summed E-state index contributed by atoms with van der Waals surface area (Å²) in [5.41, 5.74) is 16.9. The van der Waals surface area contributed by atoms with Gasteiger partial charge < -0.3 is 31.0 Å². The van der Waals surface area contributed by atoms with Crippen LogP contribution in [-0.2, 0) is 0 Å². The van der Waals surface area contributed by atoms with E-state index in [1.54, 1.807) is 24.3 Å². The second kappa shape index (κ2) is 8.31. The van der Waals surface area contributed by atoms with Crippen molar-refractivity contribution in [3.63, 3.8) is 0 Å². The fraction of sp³-hybridized carbons (Fsp3) is 0.125. The number of aromatic nitrogens is 1. The van der Waals surface area contributed by atoms with Crippen LogP contribution in [-0.4, -0.2) is 29.3 Å². The van der Waals surface area contributed by atoms with E-state index in [1.807, 2.05) is 43.3 Å². The van der Waals surface area contributed by atoms with Crippen LogP contribution in [0, 0.1) is 6.92 Å². The highest BCUT2D eigenvalue weighted by Crippen LogP contribution is 2.31. The number of aromatic carboxylic acids is 1. The molecule has 0 aliphatic carbocycles. The molecule has 31 heavy (non-hydrogen) atoms. The third-order valence-electron chi connectivity index (χ3n) is 4.96. The van der Waals surface area contributed by atoms with Gasteiger partial charge in [-0.3, -0.25) is 0 Å². The zero-order valence-corrected chi connectivity index (χ0v) is 17.0. The van der Waals surface area contributed by atoms with Crippen LogP contribution in [0.4, 0.5) is 11.4 Å². The first kappa shape index (κ1) is 20.2. The normalized spacial score (nSPS) is 10.9. The van der Waals surface area contributed by atoms with E-state index in [1.165, 1.54) is 0 Å². The number of aromatic amines is 1. The van der Waals surface area contributed by atoms with E-state index in [4.69, 9.17) is 20.9 Å². The zero-order chi connectivity index (χ0) is 22.0. The Hall–Kier alpha value is -4.13. The van der Waals surface area contributed by atoms with Crippen LogP contribution < -0.4 is 20.9 Å². The van der Waals surface area contributed by atoms with Crippen molar-refractivity contribution in [1.29, 1.82) is 0 Å². The molecule has 0 bridgehead atoms. The molecule has 4 rings (SSSR count). The fourth-order valence-electron chi connectivity index (χ4n) is 3.31. The quantitative estimate of drug-likeness (QED) is 0.260. The highest BCUT2D eigenvalue weighted by molar-refractivity contribution is 5.95. The number of carboxylic acids is 1. The largest absolute Gasteiger partial charge is 0.488 e. The Morgan fingerprint density at radius 3 is 2.29 bits per heavy atom. The summed E-state index contributed by atoms with van der Waals surface area (Å²) in [7, 11) is 0. The predicted octanol–water partition coefficient (Wildman–Crippen LogP) is 4.46. The standard InChI is InChI=1S/C24H23N3O4/c1-14-2-6-18(25)22(10-14)30-8-9-31-23-13-16(5-7-19(23)26)20-11-15-3-4-17(24(28)29)12-21(15)27-20/h2-7,10-13,27H,8-9,25-26H2,1H3,(H,28,29). The Morgan fingerprint density at radius 2 is 1.58 bits per heavy atom. The Kier molecular flexibility index (Phi) is 5.41. The molecule has 0 fully saturated rings. The van der Waals surface area contributed by atoms with Crippen molar-refractivity contribution in [3.8, 4) is 22.8 Å². The first-order chi connectivity index (χ1) is 14.9. The Labute approximate surface area is 179 Å². The van der Waals surface area contributed by atoms with Crippen LogP contribution in [0.2, 0.25) is 0 Å². The molecule has 1 heterocycles. The van der Waals surface area contributed by atoms with Crippen molar-refractivity contribution >= 4 is 28.2 Å². The number of carboxylic acid groups (broad SMARTS) is 1. The zero-order valence-electron chi connectivity index (χ0n) is 17.0. The van der Waals surface area contributed by atoms with Crippen LogP contribution in [0.25, 0.3) is 22.2 Å². The molecule has 3 aromatic carbocycles. The monoisotopic (exact) mass is 417 g/mol. The van der Waals surface area contributed by atoms with Gasteiger partial charge in [0.2, 0.25) is 0 Å². The van der Waals surface area contributed by atoms with E-state index in [-0.39, 0.29) is 5.56 Å². The van der Waals surface area contributed by atoms with Gasteiger partial charge in [0.15, 0.2) is 0 Å². The number of hydrogen-bond donors (Lipinski definition) is 4. The summed E-state index contributed by atoms with van der Waals surface area (Å²) in [6.45, 7) is 2.60. The number of ether oxygens (including phenoxy) is 2. The number of anilines is 2. The highest BCUT2D eigenvalue weighted by Gasteiger charge is 2.10. The molecule has 0 amide bonds. The molecule has 0 radical (unpaired) electrons. The second-order valence-corrected chi connectivity index (χ2v) is 7.28. The number of nitrogen functional groups attached to an aromatic ring is 2. The van der Waals surface area contributed by atoms with E-state index in [0.717, 1.165) is 27.7 Å². The van der Waals surface area contributed by atoms with E-state index in [9.17, 15) is 9.90 Å². The molecular weight excluding hydrogens is 394 g/mol. The number of nitrogens with two attached hydrogens (primary N) is 2. The Morgan fingerprint density at radius 1 is 0.903 bits per heavy atom. The maximum absolute atomic E-state index is 11.2. The van der Waals surface area contributed by atoms with Crippen molar-refractivity contribution < 1.29 is 19.4 Å². The van der Waals surface area contributed by atoms with E-state index >= 15 is 0 Å². The van der Waals surface area contributed by atoms with Crippen LogP contribution >= 0.6 is 0 Å². The third-order valence-corrected chi connectivity index (χ3v) is 4.96. The number of nitrogens with one attached hydrogen (secondary N) is 1. The van der Waals surface area contributed by atoms with Crippen molar-refractivity contribution in [2.24, 2.45) is 0 Å². The first-order valence-corrected chi connectivity index (χ1v) is 9.78. The average molecular weight is 417 g/mol. The molecule has 7 nitrogen and oxygen atoms in total. The summed E-state index contributed by atoms with van der Waals surface area (Å²) in [6, 6.07) is 18.1. The Bertz CT molecular complexity index is 1260. The van der Waals surface area contributed by atoms with Gasteiger partial charge in [-0.05, 0) is 55.0 Å². The number of aryl methyl sites for hydroxylation is 1. The number of rotatable bonds is 7. The maximum Gasteiger partial charge on any atom is 0.335 e. The number of fused-ring (bicyclic) bond motifs is 1. The third kappa shape index (κ3) is 4.40. The lowest BCUT2D eigenvalue weighted by Crippen LogP contribution is -2.11. The molecule has 0 aliphatic rings. The molecule has 0 saturated carbocycles. The first-order valence-electron chi connectivity index (χ1n) is 9.78. The van der Waals surface area contributed by atoms with Gasteiger partial charge in [0.1, 0.15) is 24.7 Å². The molecule has 0 saturated heterocycles. The summed E-state index contributed by atoms with van der Waals surface area (Å²) < 4.78 is 11.6. The van der Waals surface area contributed by atoms with Crippen LogP contribution in [0.5, 0.6) is 11.5 Å². The molecule has 0 spiro atoms. The van der Waals surface area contributed by atoms with Crippen molar-refractivity contribution in [3.05, 3.63) is 71.8 Å². The van der Waals surface area contributed by atoms with Gasteiger partial charge >= 0.3 is 5.97 Å². The minimum absolute atomic E-state index is 0.233. The molecule has 4 aromatic rings. The predicted molar refractivity (Wildman–Crippen MR) is 122 cm³/mol. The summed E-state index contributed by atoms with van der Waals surface area (Å²) in [4.78, 5) is 14.4. The maximum atomic E-state index is 11.2. The minimum Gasteiger partial charge on any atom is -0.488 e. The van der Waals surface area contributed by atoms with Gasteiger partial charge in [0, 0.05) is 22.2 Å². The van der Waals surface area contributed by atoms with Crippen LogP contribution in [0.1, 0.15) is 15.9 Å². The fourth-order valence-corrected chi connectivity index (χ4v) is 3.31. The minimum atomic E-state index is -0.962. The van der Waals surface area contributed by atoms with Crippen molar-refractivity contribution in [2.45, 2.75) is 6.92 Å². The van der Waals surface area contributed by atoms with E-state index in [0.29, 0.717) is 36.1 Å². The number of benzene rings is 3. The second-order valence-electron chi connectivity index (χ2n) is 7.28. The Balaban J connectivity index is 1.47. The number of hydrogen-bond acceptors (Lipinski definition) is 5. The van der Waals surface area contributed by atoms with E-state index < -0.39 is 5.97 Å². The van der Waals surface area contributed by atoms with Crippen molar-refractivity contribution in [1.82, 2.24) is 4.98 Å². The van der Waals surface area contributed by atoms with Gasteiger partial charge in [0.05, 0.1) is 16.9 Å². The lowest BCUT2D eigenvalue weighted by molar-refractivity contribution is 0.0697. The lowest BCUT2D eigenvalue weighted by Gasteiger charge is -2.12. The average Bonchev–Trinajstić information content (AvgIpc) is 3.18. The van der Waals surface area contributed by atoms with Crippen LogP contribution in [0.15, 0.2) is 60.7 Å². The summed E-state index contributed by atoms with van der Waals surface area (Å²) in [5.74, 6) is 0.211. The molecule has 0 unspecified atom stereocenters. The molecule has 7 heteroatoms. The highest BCUT2D eigenvalue weighted by atomic mass is 16.5. The van der Waals surface area contributed by atoms with Gasteiger partial charge in [-0.25, -0.2) is 4.79 Å². The number of carbonyl (C=O) groups is 1. The van der Waals surface area contributed by atoms with Crippen molar-refractivity contribution in [2.75, 3.05) is 24.7 Å². The van der Waals surface area contributed by atoms with Gasteiger partial charge in [-0.2, -0.15) is 0 Å². The number of H-pyrrole nitrogens is 1. The van der Waals surface area contributed by atoms with Gasteiger partial charge in [-0.1, -0.05) is 18.2 Å². The molecule has 0 atom stereocenters. The molecular formula is C24H23N3O4. The van der Waals surface area contributed by atoms with Gasteiger partial charge in [-0.15, -0.1) is 0 Å². The topological polar surface area (TPSA) is 124 Å². The smallest absolute Gasteiger partial charge is 0.335 e. The summed E-state index contributed by atoms with van der Waals surface area (Å²) in [5, 5.41) is 10.1. The molecule has 6 N–H and O–H groups in total. The SMILES string of the molecule is Cc1ccc(N)c(OCCOc2cc(-c3cc4ccc(C(=O)O)cc4[nH]3)ccc2N)c1. The summed E-state index contributed by atoms with van der Waals surface area (Å²) in [6.07, 6.45) is 0. The molecule has 158 valence electrons. The van der Waals surface area contributed by atoms with Gasteiger partial charge in [0.25, 0.3) is 0 Å². The summed E-state index contributed by atoms with van der Waals surface area (Å²) >= 11 is 0. The van der Waals surface area contributed by atoms with E-state index in [2.05, 4.69) is 4.98 Å². The van der Waals surface area contributed by atoms with Crippen LogP contribution in [0.3, 0.4) is 0 Å². The molecule has 1 aromatic heterocycles. The molecule has 0 aliphatic heterocycles. The lowest BCUT2D eigenvalue weighted by atomic mass is 10.1.